The smallest absolute Gasteiger partial charge is 0.00243 e. The normalized spacial score (nSPS) is 32.2. The van der Waals surface area contributed by atoms with Crippen LogP contribution in [0.25, 0.3) is 0 Å². The summed E-state index contributed by atoms with van der Waals surface area (Å²) in [4.78, 5) is 2.55. The summed E-state index contributed by atoms with van der Waals surface area (Å²) >= 11 is 0. The van der Waals surface area contributed by atoms with E-state index in [1.54, 1.807) is 0 Å². The molecule has 1 saturated heterocycles. The third-order valence-electron chi connectivity index (χ3n) is 3.04. The first-order chi connectivity index (χ1) is 5.77. The molecule has 2 heteroatoms. The van der Waals surface area contributed by atoms with Crippen molar-refractivity contribution in [2.24, 2.45) is 17.6 Å². The molecule has 2 unspecified atom stereocenters. The first-order valence-electron chi connectivity index (χ1n) is 5.20. The Morgan fingerprint density at radius 1 is 1.50 bits per heavy atom. The van der Waals surface area contributed by atoms with Gasteiger partial charge in [0.2, 0.25) is 0 Å². The Hall–Kier alpha value is -0.0800. The van der Waals surface area contributed by atoms with E-state index in [4.69, 9.17) is 5.73 Å². The van der Waals surface area contributed by atoms with E-state index in [2.05, 4.69) is 18.7 Å². The molecule has 1 heterocycles. The lowest BCUT2D eigenvalue weighted by Crippen LogP contribution is -2.42. The minimum Gasteiger partial charge on any atom is -0.330 e. The van der Waals surface area contributed by atoms with Gasteiger partial charge in [0.1, 0.15) is 0 Å². The lowest BCUT2D eigenvalue weighted by atomic mass is 9.87. The lowest BCUT2D eigenvalue weighted by Gasteiger charge is -2.36. The third-order valence-corrected chi connectivity index (χ3v) is 3.04. The maximum Gasteiger partial charge on any atom is 0.00243 e. The highest BCUT2D eigenvalue weighted by Gasteiger charge is 2.23. The minimum absolute atomic E-state index is 0.741. The van der Waals surface area contributed by atoms with Crippen LogP contribution in [0.3, 0.4) is 0 Å². The fraction of sp³-hybridized carbons (Fsp3) is 1.00. The van der Waals surface area contributed by atoms with Gasteiger partial charge in [-0.3, -0.25) is 0 Å². The molecule has 2 atom stereocenters. The summed E-state index contributed by atoms with van der Waals surface area (Å²) in [7, 11) is 0. The highest BCUT2D eigenvalue weighted by atomic mass is 15.1. The molecule has 0 aromatic carbocycles. The molecule has 12 heavy (non-hydrogen) atoms. The van der Waals surface area contributed by atoms with Crippen LogP contribution in [0.15, 0.2) is 0 Å². The maximum absolute atomic E-state index is 5.73. The molecule has 1 fully saturated rings. The summed E-state index contributed by atoms with van der Waals surface area (Å²) in [6, 6.07) is 0. The standard InChI is InChI=1S/C10H22N2/c1-3-5-12-6-4-9(2)10(7-11)8-12/h9-10H,3-8,11H2,1-2H3. The van der Waals surface area contributed by atoms with Gasteiger partial charge in [0.25, 0.3) is 0 Å². The molecule has 1 aliphatic heterocycles. The predicted molar refractivity (Wildman–Crippen MR) is 53.1 cm³/mol. The Morgan fingerprint density at radius 3 is 2.83 bits per heavy atom. The summed E-state index contributed by atoms with van der Waals surface area (Å²) in [5, 5.41) is 0. The number of rotatable bonds is 3. The van der Waals surface area contributed by atoms with E-state index in [0.29, 0.717) is 0 Å². The van der Waals surface area contributed by atoms with Crippen molar-refractivity contribution in [1.82, 2.24) is 4.90 Å². The van der Waals surface area contributed by atoms with E-state index in [0.717, 1.165) is 18.4 Å². The Balaban J connectivity index is 2.33. The number of nitrogens with two attached hydrogens (primary N) is 1. The molecule has 0 bridgehead atoms. The SMILES string of the molecule is CCCN1CCC(C)C(CN)C1. The molecule has 0 amide bonds. The van der Waals surface area contributed by atoms with Crippen LogP contribution in [0.1, 0.15) is 26.7 Å². The van der Waals surface area contributed by atoms with Crippen molar-refractivity contribution in [2.45, 2.75) is 26.7 Å². The Kier molecular flexibility index (Phi) is 4.02. The van der Waals surface area contributed by atoms with Crippen molar-refractivity contribution in [2.75, 3.05) is 26.2 Å². The highest BCUT2D eigenvalue weighted by Crippen LogP contribution is 2.21. The number of nitrogens with zero attached hydrogens (tertiary/aromatic N) is 1. The molecule has 0 spiro atoms. The molecule has 0 radical (unpaired) electrons. The highest BCUT2D eigenvalue weighted by molar-refractivity contribution is 4.78. The molecule has 0 aliphatic carbocycles. The Morgan fingerprint density at radius 2 is 2.25 bits per heavy atom. The van der Waals surface area contributed by atoms with Crippen molar-refractivity contribution in [3.8, 4) is 0 Å². The van der Waals surface area contributed by atoms with Crippen LogP contribution >= 0.6 is 0 Å². The molecule has 0 aromatic heterocycles. The van der Waals surface area contributed by atoms with Crippen LogP contribution < -0.4 is 5.73 Å². The number of likely N-dealkylation sites (tertiary alicyclic amines) is 1. The van der Waals surface area contributed by atoms with Gasteiger partial charge in [-0.05, 0) is 44.3 Å². The number of hydrogen-bond acceptors (Lipinski definition) is 2. The zero-order valence-electron chi connectivity index (χ0n) is 8.42. The van der Waals surface area contributed by atoms with Crippen molar-refractivity contribution in [1.29, 1.82) is 0 Å². The van der Waals surface area contributed by atoms with Crippen molar-refractivity contribution in [3.05, 3.63) is 0 Å². The summed E-state index contributed by atoms with van der Waals surface area (Å²) < 4.78 is 0. The molecular formula is C10H22N2. The second-order valence-corrected chi connectivity index (χ2v) is 4.06. The Labute approximate surface area is 76.1 Å². The summed E-state index contributed by atoms with van der Waals surface area (Å²) in [6.07, 6.45) is 2.60. The van der Waals surface area contributed by atoms with Gasteiger partial charge in [-0.1, -0.05) is 13.8 Å². The number of piperidine rings is 1. The van der Waals surface area contributed by atoms with E-state index in [9.17, 15) is 0 Å². The van der Waals surface area contributed by atoms with Gasteiger partial charge in [-0.2, -0.15) is 0 Å². The first-order valence-corrected chi connectivity index (χ1v) is 5.20. The molecule has 2 N–H and O–H groups in total. The molecule has 1 rings (SSSR count). The zero-order valence-corrected chi connectivity index (χ0v) is 8.42. The largest absolute Gasteiger partial charge is 0.330 e. The fourth-order valence-electron chi connectivity index (χ4n) is 2.05. The van der Waals surface area contributed by atoms with Gasteiger partial charge in [0.05, 0.1) is 0 Å². The van der Waals surface area contributed by atoms with Gasteiger partial charge < -0.3 is 10.6 Å². The summed E-state index contributed by atoms with van der Waals surface area (Å²) in [5.74, 6) is 1.58. The zero-order chi connectivity index (χ0) is 8.97. The summed E-state index contributed by atoms with van der Waals surface area (Å²) in [6.45, 7) is 9.21. The monoisotopic (exact) mass is 170 g/mol. The van der Waals surface area contributed by atoms with E-state index in [1.807, 2.05) is 0 Å². The van der Waals surface area contributed by atoms with Crippen LogP contribution in [0.2, 0.25) is 0 Å². The van der Waals surface area contributed by atoms with Gasteiger partial charge in [0.15, 0.2) is 0 Å². The lowest BCUT2D eigenvalue weighted by molar-refractivity contribution is 0.132. The molecule has 1 aliphatic rings. The molecule has 0 aromatic rings. The van der Waals surface area contributed by atoms with Crippen LogP contribution in [-0.2, 0) is 0 Å². The second-order valence-electron chi connectivity index (χ2n) is 4.06. The van der Waals surface area contributed by atoms with Crippen LogP contribution in [0.5, 0.6) is 0 Å². The summed E-state index contributed by atoms with van der Waals surface area (Å²) in [5.41, 5.74) is 5.73. The van der Waals surface area contributed by atoms with E-state index in [1.165, 1.54) is 32.5 Å². The van der Waals surface area contributed by atoms with Crippen molar-refractivity contribution >= 4 is 0 Å². The van der Waals surface area contributed by atoms with Crippen LogP contribution in [0.4, 0.5) is 0 Å². The predicted octanol–water partition coefficient (Wildman–Crippen LogP) is 1.31. The van der Waals surface area contributed by atoms with E-state index in [-0.39, 0.29) is 0 Å². The van der Waals surface area contributed by atoms with Crippen LogP contribution in [-0.4, -0.2) is 31.1 Å². The van der Waals surface area contributed by atoms with E-state index < -0.39 is 0 Å². The third kappa shape index (κ3) is 2.46. The van der Waals surface area contributed by atoms with Gasteiger partial charge in [-0.25, -0.2) is 0 Å². The molecule has 0 saturated carbocycles. The molecule has 72 valence electrons. The molecule has 2 nitrogen and oxygen atoms in total. The first kappa shape index (κ1) is 10.0. The van der Waals surface area contributed by atoms with Crippen LogP contribution in [0, 0.1) is 11.8 Å². The van der Waals surface area contributed by atoms with Gasteiger partial charge >= 0.3 is 0 Å². The van der Waals surface area contributed by atoms with Gasteiger partial charge in [-0.15, -0.1) is 0 Å². The quantitative estimate of drug-likeness (QED) is 0.692. The fourth-order valence-corrected chi connectivity index (χ4v) is 2.05. The average Bonchev–Trinajstić information content (AvgIpc) is 2.09. The number of hydrogen-bond donors (Lipinski definition) is 1. The topological polar surface area (TPSA) is 29.3 Å². The van der Waals surface area contributed by atoms with E-state index >= 15 is 0 Å². The Bertz CT molecular complexity index is 125. The average molecular weight is 170 g/mol. The van der Waals surface area contributed by atoms with Crippen molar-refractivity contribution < 1.29 is 0 Å². The second kappa shape index (κ2) is 4.83. The maximum atomic E-state index is 5.73. The molecular weight excluding hydrogens is 148 g/mol. The van der Waals surface area contributed by atoms with Gasteiger partial charge in [0, 0.05) is 6.54 Å². The van der Waals surface area contributed by atoms with Crippen molar-refractivity contribution in [3.63, 3.8) is 0 Å². The minimum atomic E-state index is 0.741.